The molecule has 0 saturated heterocycles. The van der Waals surface area contributed by atoms with Crippen LogP contribution in [0.25, 0.3) is 0 Å². The first-order chi connectivity index (χ1) is 5.40. The molecule has 0 unspecified atom stereocenters. The van der Waals surface area contributed by atoms with Gasteiger partial charge in [-0.1, -0.05) is 27.7 Å². The first kappa shape index (κ1) is 11.6. The van der Waals surface area contributed by atoms with E-state index < -0.39 is 0 Å². The van der Waals surface area contributed by atoms with Crippen LogP contribution in [0.3, 0.4) is 0 Å². The Hall–Kier alpha value is -0.370. The summed E-state index contributed by atoms with van der Waals surface area (Å²) in [6.07, 6.45) is 1.51. The van der Waals surface area contributed by atoms with E-state index in [1.807, 2.05) is 6.92 Å². The van der Waals surface area contributed by atoms with Crippen molar-refractivity contribution in [3.8, 4) is 0 Å². The van der Waals surface area contributed by atoms with Gasteiger partial charge in [0, 0.05) is 18.9 Å². The molecule has 0 aromatic carbocycles. The molecule has 0 aliphatic carbocycles. The summed E-state index contributed by atoms with van der Waals surface area (Å²) in [7, 11) is 0. The Labute approximate surface area is 75.5 Å². The number of rotatable bonds is 4. The van der Waals surface area contributed by atoms with E-state index in [0.29, 0.717) is 18.7 Å². The van der Waals surface area contributed by atoms with Gasteiger partial charge in [-0.25, -0.2) is 0 Å². The third-order valence-electron chi connectivity index (χ3n) is 1.95. The van der Waals surface area contributed by atoms with E-state index in [9.17, 15) is 4.79 Å². The van der Waals surface area contributed by atoms with Crippen molar-refractivity contribution in [3.63, 3.8) is 0 Å². The zero-order valence-corrected chi connectivity index (χ0v) is 8.68. The highest BCUT2D eigenvalue weighted by Gasteiger charge is 2.21. The third kappa shape index (κ3) is 4.50. The fourth-order valence-electron chi connectivity index (χ4n) is 1.36. The summed E-state index contributed by atoms with van der Waals surface area (Å²) in [4.78, 5) is 11.3. The van der Waals surface area contributed by atoms with E-state index in [2.05, 4.69) is 20.8 Å². The van der Waals surface area contributed by atoms with Crippen molar-refractivity contribution in [2.24, 2.45) is 17.1 Å². The zero-order chi connectivity index (χ0) is 9.78. The van der Waals surface area contributed by atoms with Crippen molar-refractivity contribution < 1.29 is 4.79 Å². The monoisotopic (exact) mass is 171 g/mol. The maximum absolute atomic E-state index is 11.3. The van der Waals surface area contributed by atoms with Gasteiger partial charge in [0.1, 0.15) is 5.78 Å². The largest absolute Gasteiger partial charge is 0.330 e. The van der Waals surface area contributed by atoms with Crippen molar-refractivity contribution in [1.82, 2.24) is 0 Å². The van der Waals surface area contributed by atoms with Gasteiger partial charge in [0.05, 0.1) is 0 Å². The SMILES string of the molecule is CCC(=O)[C@H](CN)CC(C)(C)C. The minimum Gasteiger partial charge on any atom is -0.330 e. The topological polar surface area (TPSA) is 43.1 Å². The van der Waals surface area contributed by atoms with Crippen LogP contribution in [0.4, 0.5) is 0 Å². The summed E-state index contributed by atoms with van der Waals surface area (Å²) in [6.45, 7) is 8.80. The van der Waals surface area contributed by atoms with Gasteiger partial charge < -0.3 is 5.73 Å². The summed E-state index contributed by atoms with van der Waals surface area (Å²) >= 11 is 0. The first-order valence-corrected chi connectivity index (χ1v) is 4.63. The molecular weight excluding hydrogens is 150 g/mol. The van der Waals surface area contributed by atoms with Crippen molar-refractivity contribution in [1.29, 1.82) is 0 Å². The molecule has 0 aliphatic heterocycles. The summed E-state index contributed by atoms with van der Waals surface area (Å²) in [6, 6.07) is 0. The van der Waals surface area contributed by atoms with Gasteiger partial charge in [0.15, 0.2) is 0 Å². The van der Waals surface area contributed by atoms with Crippen LogP contribution in [0.1, 0.15) is 40.5 Å². The number of hydrogen-bond donors (Lipinski definition) is 1. The molecule has 0 radical (unpaired) electrons. The van der Waals surface area contributed by atoms with Gasteiger partial charge in [-0.2, -0.15) is 0 Å². The molecular formula is C10H21NO. The van der Waals surface area contributed by atoms with E-state index >= 15 is 0 Å². The fourth-order valence-corrected chi connectivity index (χ4v) is 1.36. The quantitative estimate of drug-likeness (QED) is 0.702. The molecule has 2 nitrogen and oxygen atoms in total. The van der Waals surface area contributed by atoms with Gasteiger partial charge in [-0.15, -0.1) is 0 Å². The molecule has 0 aromatic heterocycles. The Balaban J connectivity index is 4.09. The highest BCUT2D eigenvalue weighted by atomic mass is 16.1. The zero-order valence-electron chi connectivity index (χ0n) is 8.68. The maximum Gasteiger partial charge on any atom is 0.136 e. The Kier molecular flexibility index (Phi) is 4.46. The Morgan fingerprint density at radius 3 is 2.17 bits per heavy atom. The van der Waals surface area contributed by atoms with Crippen LogP contribution in [0.15, 0.2) is 0 Å². The highest BCUT2D eigenvalue weighted by Crippen LogP contribution is 2.24. The smallest absolute Gasteiger partial charge is 0.136 e. The molecule has 0 aliphatic rings. The normalized spacial score (nSPS) is 14.4. The van der Waals surface area contributed by atoms with E-state index in [1.54, 1.807) is 0 Å². The molecule has 0 saturated carbocycles. The van der Waals surface area contributed by atoms with Gasteiger partial charge in [0.25, 0.3) is 0 Å². The van der Waals surface area contributed by atoms with E-state index in [4.69, 9.17) is 5.73 Å². The fraction of sp³-hybridized carbons (Fsp3) is 0.900. The predicted molar refractivity (Wildman–Crippen MR) is 51.9 cm³/mol. The summed E-state index contributed by atoms with van der Waals surface area (Å²) in [5.74, 6) is 0.363. The van der Waals surface area contributed by atoms with Crippen LogP contribution < -0.4 is 5.73 Å². The molecule has 72 valence electrons. The Bertz CT molecular complexity index is 146. The van der Waals surface area contributed by atoms with Crippen LogP contribution in [0, 0.1) is 11.3 Å². The number of carbonyl (C=O) groups excluding carboxylic acids is 1. The predicted octanol–water partition coefficient (Wildman–Crippen LogP) is 1.98. The van der Waals surface area contributed by atoms with Crippen LogP contribution >= 0.6 is 0 Å². The highest BCUT2D eigenvalue weighted by molar-refractivity contribution is 5.80. The standard InChI is InChI=1S/C10H21NO/c1-5-9(12)8(7-11)6-10(2,3)4/h8H,5-7,11H2,1-4H3/t8-/m0/s1. The Morgan fingerprint density at radius 1 is 1.42 bits per heavy atom. The van der Waals surface area contributed by atoms with Crippen LogP contribution in [-0.4, -0.2) is 12.3 Å². The minimum atomic E-state index is 0.0648. The molecule has 0 spiro atoms. The summed E-state index contributed by atoms with van der Waals surface area (Å²) in [5, 5.41) is 0. The van der Waals surface area contributed by atoms with Gasteiger partial charge in [-0.3, -0.25) is 4.79 Å². The lowest BCUT2D eigenvalue weighted by molar-refractivity contribution is -0.123. The molecule has 12 heavy (non-hydrogen) atoms. The van der Waals surface area contributed by atoms with Crippen molar-refractivity contribution in [2.75, 3.05) is 6.54 Å². The number of nitrogens with two attached hydrogens (primary N) is 1. The number of ketones is 1. The van der Waals surface area contributed by atoms with Crippen LogP contribution in [0.2, 0.25) is 0 Å². The molecule has 0 fully saturated rings. The Morgan fingerprint density at radius 2 is 1.92 bits per heavy atom. The van der Waals surface area contributed by atoms with Crippen LogP contribution in [-0.2, 0) is 4.79 Å². The van der Waals surface area contributed by atoms with Gasteiger partial charge in [0.2, 0.25) is 0 Å². The minimum absolute atomic E-state index is 0.0648. The molecule has 2 heteroatoms. The molecule has 2 N–H and O–H groups in total. The third-order valence-corrected chi connectivity index (χ3v) is 1.95. The van der Waals surface area contributed by atoms with Gasteiger partial charge >= 0.3 is 0 Å². The number of hydrogen-bond acceptors (Lipinski definition) is 2. The van der Waals surface area contributed by atoms with E-state index in [-0.39, 0.29) is 11.3 Å². The lowest BCUT2D eigenvalue weighted by Gasteiger charge is -2.23. The van der Waals surface area contributed by atoms with E-state index in [0.717, 1.165) is 6.42 Å². The molecule has 0 heterocycles. The lowest BCUT2D eigenvalue weighted by atomic mass is 9.82. The molecule has 0 amide bonds. The van der Waals surface area contributed by atoms with Crippen molar-refractivity contribution in [2.45, 2.75) is 40.5 Å². The molecule has 1 atom stereocenters. The average Bonchev–Trinajstić information content (AvgIpc) is 1.97. The van der Waals surface area contributed by atoms with Crippen molar-refractivity contribution >= 4 is 5.78 Å². The second-order valence-electron chi connectivity index (χ2n) is 4.52. The first-order valence-electron chi connectivity index (χ1n) is 4.63. The summed E-state index contributed by atoms with van der Waals surface area (Å²) < 4.78 is 0. The second kappa shape index (κ2) is 4.61. The molecule has 0 bridgehead atoms. The van der Waals surface area contributed by atoms with Gasteiger partial charge in [-0.05, 0) is 11.8 Å². The molecule has 0 rings (SSSR count). The molecule has 0 aromatic rings. The van der Waals surface area contributed by atoms with Crippen LogP contribution in [0.5, 0.6) is 0 Å². The lowest BCUT2D eigenvalue weighted by Crippen LogP contribution is -2.27. The maximum atomic E-state index is 11.3. The number of carbonyl (C=O) groups is 1. The summed E-state index contributed by atoms with van der Waals surface area (Å²) in [5.41, 5.74) is 5.74. The number of Topliss-reactive ketones (excluding diaryl/α,β-unsaturated/α-hetero) is 1. The average molecular weight is 171 g/mol. The van der Waals surface area contributed by atoms with Crippen molar-refractivity contribution in [3.05, 3.63) is 0 Å². The van der Waals surface area contributed by atoms with E-state index in [1.165, 1.54) is 0 Å². The second-order valence-corrected chi connectivity index (χ2v) is 4.52.